The minimum atomic E-state index is -0.944. The van der Waals surface area contributed by atoms with E-state index in [1.165, 1.54) is 0 Å². The summed E-state index contributed by atoms with van der Waals surface area (Å²) in [6.07, 6.45) is 0. The van der Waals surface area contributed by atoms with Crippen molar-refractivity contribution in [3.8, 4) is 11.1 Å². The van der Waals surface area contributed by atoms with Crippen LogP contribution in [-0.4, -0.2) is 19.9 Å². The molecular weight excluding hydrogens is 370 g/mol. The molecule has 2 aromatic carbocycles. The molecule has 2 heterocycles. The molecule has 1 aromatic heterocycles. The van der Waals surface area contributed by atoms with Gasteiger partial charge in [0, 0.05) is 21.9 Å². The van der Waals surface area contributed by atoms with Crippen LogP contribution in [0.25, 0.3) is 11.1 Å². The van der Waals surface area contributed by atoms with Gasteiger partial charge in [-0.05, 0) is 44.0 Å². The van der Waals surface area contributed by atoms with E-state index in [9.17, 15) is 9.00 Å². The molecule has 0 aliphatic carbocycles. The predicted octanol–water partition coefficient (Wildman–Crippen LogP) is 4.32. The molecule has 0 fully saturated rings. The zero-order valence-corrected chi connectivity index (χ0v) is 17.0. The van der Waals surface area contributed by atoms with E-state index in [1.54, 1.807) is 0 Å². The summed E-state index contributed by atoms with van der Waals surface area (Å²) in [6, 6.07) is 17.6. The molecule has 1 aliphatic rings. The van der Waals surface area contributed by atoms with Gasteiger partial charge in [-0.25, -0.2) is 4.68 Å². The number of benzene rings is 2. The van der Waals surface area contributed by atoms with E-state index in [0.717, 1.165) is 22.4 Å². The second-order valence-electron chi connectivity index (χ2n) is 7.98. The topological polar surface area (TPSA) is 64.0 Å². The molecule has 0 unspecified atom stereocenters. The number of nitrogens with zero attached hydrogens (tertiary/aromatic N) is 2. The lowest BCUT2D eigenvalue weighted by molar-refractivity contribution is 0.102. The Morgan fingerprint density at radius 2 is 1.64 bits per heavy atom. The maximum Gasteiger partial charge on any atom is 0.256 e. The third-order valence-corrected chi connectivity index (χ3v) is 6.00. The first-order chi connectivity index (χ1) is 13.3. The third kappa shape index (κ3) is 3.52. The van der Waals surface area contributed by atoms with Gasteiger partial charge in [-0.1, -0.05) is 42.5 Å². The van der Waals surface area contributed by atoms with Crippen LogP contribution in [0.2, 0.25) is 0 Å². The van der Waals surface area contributed by atoms with Crippen LogP contribution in [-0.2, 0) is 27.8 Å². The van der Waals surface area contributed by atoms with Crippen molar-refractivity contribution in [3.05, 3.63) is 71.4 Å². The molecule has 0 saturated carbocycles. The molecule has 1 amide bonds. The molecule has 1 aliphatic heterocycles. The minimum Gasteiger partial charge on any atom is -0.306 e. The lowest BCUT2D eigenvalue weighted by Gasteiger charge is -2.23. The summed E-state index contributed by atoms with van der Waals surface area (Å²) in [5.41, 5.74) is 4.18. The number of rotatable bonds is 3. The highest BCUT2D eigenvalue weighted by Crippen LogP contribution is 2.33. The molecule has 4 rings (SSSR count). The van der Waals surface area contributed by atoms with Crippen molar-refractivity contribution in [2.45, 2.75) is 37.8 Å². The summed E-state index contributed by atoms with van der Waals surface area (Å²) in [4.78, 5) is 12.9. The predicted molar refractivity (Wildman–Crippen MR) is 113 cm³/mol. The first-order valence-electron chi connectivity index (χ1n) is 9.26. The molecule has 28 heavy (non-hydrogen) atoms. The molecule has 0 radical (unpaired) electrons. The molecule has 6 heteroatoms. The number of carbonyl (C=O) groups excluding carboxylic acids is 1. The van der Waals surface area contributed by atoms with E-state index >= 15 is 0 Å². The number of fused-ring (bicyclic) bond motifs is 1. The largest absolute Gasteiger partial charge is 0.306 e. The Kier molecular flexibility index (Phi) is 4.67. The van der Waals surface area contributed by atoms with Gasteiger partial charge >= 0.3 is 0 Å². The van der Waals surface area contributed by atoms with E-state index in [2.05, 4.69) is 10.4 Å². The number of anilines is 1. The van der Waals surface area contributed by atoms with Gasteiger partial charge in [0.05, 0.1) is 22.7 Å². The van der Waals surface area contributed by atoms with Crippen LogP contribution >= 0.6 is 0 Å². The van der Waals surface area contributed by atoms with Gasteiger partial charge in [-0.15, -0.1) is 0 Å². The van der Waals surface area contributed by atoms with E-state index in [0.29, 0.717) is 22.9 Å². The van der Waals surface area contributed by atoms with Crippen molar-refractivity contribution in [1.82, 2.24) is 9.78 Å². The van der Waals surface area contributed by atoms with Gasteiger partial charge in [-0.2, -0.15) is 5.10 Å². The first-order valence-corrected chi connectivity index (χ1v) is 10.7. The molecular formula is C22H23N3O2S. The highest BCUT2D eigenvalue weighted by molar-refractivity contribution is 7.83. The Morgan fingerprint density at radius 1 is 1.00 bits per heavy atom. The summed E-state index contributed by atoms with van der Waals surface area (Å²) in [5.74, 6) is 1.36. The van der Waals surface area contributed by atoms with E-state index in [4.69, 9.17) is 0 Å². The smallest absolute Gasteiger partial charge is 0.256 e. The fourth-order valence-electron chi connectivity index (χ4n) is 3.37. The van der Waals surface area contributed by atoms with Gasteiger partial charge in [0.2, 0.25) is 0 Å². The zero-order valence-electron chi connectivity index (χ0n) is 16.2. The normalized spacial score (nSPS) is 16.0. The van der Waals surface area contributed by atoms with Gasteiger partial charge in [-0.3, -0.25) is 9.00 Å². The van der Waals surface area contributed by atoms with Crippen LogP contribution in [0.5, 0.6) is 0 Å². The number of hydrogen-bond donors (Lipinski definition) is 1. The zero-order chi connectivity index (χ0) is 19.9. The average molecular weight is 394 g/mol. The highest BCUT2D eigenvalue weighted by Gasteiger charge is 2.31. The summed E-state index contributed by atoms with van der Waals surface area (Å²) >= 11 is 0. The van der Waals surface area contributed by atoms with Gasteiger partial charge in [0.15, 0.2) is 0 Å². The third-order valence-electron chi connectivity index (χ3n) is 4.79. The Hall–Kier alpha value is -2.73. The monoisotopic (exact) mass is 393 g/mol. The Morgan fingerprint density at radius 3 is 2.29 bits per heavy atom. The fourth-order valence-corrected chi connectivity index (χ4v) is 4.63. The standard InChI is InChI=1S/C22H23N3O2S/c1-22(2,3)25-20(18-13-28(27)14-19(18)24-25)23-21(26)17-11-9-16(10-12-17)15-7-5-4-6-8-15/h4-12H,13-14H2,1-3H3,(H,23,26)/t28-/m0/s1. The number of aromatic nitrogens is 2. The molecule has 0 bridgehead atoms. The second-order valence-corrected chi connectivity index (χ2v) is 9.44. The number of carbonyl (C=O) groups is 1. The first kappa shape index (κ1) is 18.6. The van der Waals surface area contributed by atoms with Crippen molar-refractivity contribution in [2.24, 2.45) is 0 Å². The fraction of sp³-hybridized carbons (Fsp3) is 0.273. The molecule has 0 saturated heterocycles. The van der Waals surface area contributed by atoms with E-state index < -0.39 is 10.8 Å². The Bertz CT molecular complexity index is 1050. The van der Waals surface area contributed by atoms with Crippen molar-refractivity contribution in [3.63, 3.8) is 0 Å². The second kappa shape index (κ2) is 7.02. The van der Waals surface area contributed by atoms with Crippen LogP contribution in [0.1, 0.15) is 42.4 Å². The number of nitrogens with one attached hydrogen (secondary N) is 1. The molecule has 144 valence electrons. The van der Waals surface area contributed by atoms with Crippen molar-refractivity contribution in [1.29, 1.82) is 0 Å². The molecule has 3 aromatic rings. The van der Waals surface area contributed by atoms with Gasteiger partial charge in [0.1, 0.15) is 5.82 Å². The van der Waals surface area contributed by atoms with Crippen LogP contribution in [0, 0.1) is 0 Å². The lowest BCUT2D eigenvalue weighted by atomic mass is 10.0. The van der Waals surface area contributed by atoms with Crippen molar-refractivity contribution < 1.29 is 9.00 Å². The summed E-state index contributed by atoms with van der Waals surface area (Å²) < 4.78 is 13.8. The average Bonchev–Trinajstić information content (AvgIpc) is 3.19. The Labute approximate surface area is 167 Å². The van der Waals surface area contributed by atoms with Crippen LogP contribution < -0.4 is 5.32 Å². The van der Waals surface area contributed by atoms with Crippen molar-refractivity contribution in [2.75, 3.05) is 5.32 Å². The molecule has 5 nitrogen and oxygen atoms in total. The SMILES string of the molecule is CC(C)(C)n1nc2c(c1NC(=O)c1ccc(-c3ccccc3)cc1)C[S@](=O)C2. The van der Waals surface area contributed by atoms with E-state index in [1.807, 2.05) is 80.1 Å². The number of amides is 1. The van der Waals surface area contributed by atoms with E-state index in [-0.39, 0.29) is 11.4 Å². The maximum atomic E-state index is 12.9. The highest BCUT2D eigenvalue weighted by atomic mass is 32.2. The maximum absolute atomic E-state index is 12.9. The van der Waals surface area contributed by atoms with Crippen LogP contribution in [0.15, 0.2) is 54.6 Å². The Balaban J connectivity index is 1.62. The van der Waals surface area contributed by atoms with Crippen LogP contribution in [0.3, 0.4) is 0 Å². The summed E-state index contributed by atoms with van der Waals surface area (Å²) in [7, 11) is -0.944. The lowest BCUT2D eigenvalue weighted by Crippen LogP contribution is -2.27. The van der Waals surface area contributed by atoms with Gasteiger partial charge < -0.3 is 5.32 Å². The molecule has 0 spiro atoms. The molecule has 1 atom stereocenters. The minimum absolute atomic E-state index is 0.189. The molecule has 1 N–H and O–H groups in total. The number of hydrogen-bond acceptors (Lipinski definition) is 3. The van der Waals surface area contributed by atoms with Crippen LogP contribution in [0.4, 0.5) is 5.82 Å². The summed E-state index contributed by atoms with van der Waals surface area (Å²) in [6.45, 7) is 6.11. The quantitative estimate of drug-likeness (QED) is 0.721. The van der Waals surface area contributed by atoms with Crippen molar-refractivity contribution >= 4 is 22.5 Å². The summed E-state index contributed by atoms with van der Waals surface area (Å²) in [5, 5.41) is 7.64. The van der Waals surface area contributed by atoms with Gasteiger partial charge in [0.25, 0.3) is 5.91 Å².